The molecule has 0 aliphatic heterocycles. The minimum absolute atomic E-state index is 0.0539. The Morgan fingerprint density at radius 1 is 1.19 bits per heavy atom. The second-order valence-electron chi connectivity index (χ2n) is 5.44. The second kappa shape index (κ2) is 7.93. The van der Waals surface area contributed by atoms with E-state index in [0.717, 1.165) is 24.3 Å². The zero-order chi connectivity index (χ0) is 15.1. The molecule has 4 heteroatoms. The molecule has 0 saturated carbocycles. The number of para-hydroxylation sites is 1. The summed E-state index contributed by atoms with van der Waals surface area (Å²) >= 11 is 0. The van der Waals surface area contributed by atoms with Gasteiger partial charge in [0.25, 0.3) is 5.56 Å². The molecule has 2 rings (SSSR count). The van der Waals surface area contributed by atoms with Crippen molar-refractivity contribution in [3.63, 3.8) is 0 Å². The summed E-state index contributed by atoms with van der Waals surface area (Å²) < 4.78 is 0. The SMILES string of the molecule is CCCCCCNC(CC)c1nc2ccccc2c(=O)[nH]1. The molecule has 0 aliphatic carbocycles. The molecule has 1 aromatic heterocycles. The van der Waals surface area contributed by atoms with E-state index < -0.39 is 0 Å². The average Bonchev–Trinajstić information content (AvgIpc) is 2.51. The zero-order valence-electron chi connectivity index (χ0n) is 13.0. The maximum absolute atomic E-state index is 12.1. The van der Waals surface area contributed by atoms with Gasteiger partial charge in [0.1, 0.15) is 5.82 Å². The van der Waals surface area contributed by atoms with Gasteiger partial charge in [0.2, 0.25) is 0 Å². The van der Waals surface area contributed by atoms with E-state index in [1.54, 1.807) is 0 Å². The van der Waals surface area contributed by atoms with Crippen LogP contribution in [0.2, 0.25) is 0 Å². The lowest BCUT2D eigenvalue weighted by Crippen LogP contribution is -2.26. The van der Waals surface area contributed by atoms with Crippen molar-refractivity contribution in [2.24, 2.45) is 0 Å². The second-order valence-corrected chi connectivity index (χ2v) is 5.44. The van der Waals surface area contributed by atoms with Gasteiger partial charge >= 0.3 is 0 Å². The largest absolute Gasteiger partial charge is 0.309 e. The Kier molecular flexibility index (Phi) is 5.93. The number of nitrogens with zero attached hydrogens (tertiary/aromatic N) is 1. The first-order valence-corrected chi connectivity index (χ1v) is 7.98. The topological polar surface area (TPSA) is 57.8 Å². The van der Waals surface area contributed by atoms with Crippen LogP contribution in [-0.2, 0) is 0 Å². The molecule has 0 amide bonds. The van der Waals surface area contributed by atoms with Gasteiger partial charge < -0.3 is 10.3 Å². The number of unbranched alkanes of at least 4 members (excludes halogenated alkanes) is 3. The summed E-state index contributed by atoms with van der Waals surface area (Å²) in [4.78, 5) is 19.6. The number of nitrogens with one attached hydrogen (secondary N) is 2. The third kappa shape index (κ3) is 4.14. The van der Waals surface area contributed by atoms with Crippen LogP contribution in [0.1, 0.15) is 57.8 Å². The molecule has 114 valence electrons. The molecule has 0 spiro atoms. The molecule has 0 fully saturated rings. The summed E-state index contributed by atoms with van der Waals surface area (Å²) in [7, 11) is 0. The number of hydrogen-bond donors (Lipinski definition) is 2. The fraction of sp³-hybridized carbons (Fsp3) is 0.529. The fourth-order valence-electron chi connectivity index (χ4n) is 2.53. The minimum Gasteiger partial charge on any atom is -0.309 e. The molecule has 1 unspecified atom stereocenters. The van der Waals surface area contributed by atoms with Gasteiger partial charge in [0.05, 0.1) is 16.9 Å². The molecular formula is C17H25N3O. The Morgan fingerprint density at radius 2 is 2.00 bits per heavy atom. The van der Waals surface area contributed by atoms with Crippen LogP contribution in [0.25, 0.3) is 10.9 Å². The van der Waals surface area contributed by atoms with Gasteiger partial charge in [-0.25, -0.2) is 4.98 Å². The summed E-state index contributed by atoms with van der Waals surface area (Å²) in [5.74, 6) is 0.747. The monoisotopic (exact) mass is 287 g/mol. The maximum atomic E-state index is 12.1. The van der Waals surface area contributed by atoms with Gasteiger partial charge in [0, 0.05) is 0 Å². The molecule has 2 N–H and O–H groups in total. The smallest absolute Gasteiger partial charge is 0.258 e. The van der Waals surface area contributed by atoms with E-state index in [2.05, 4.69) is 29.1 Å². The third-order valence-electron chi connectivity index (χ3n) is 3.79. The van der Waals surface area contributed by atoms with Crippen molar-refractivity contribution in [1.82, 2.24) is 15.3 Å². The van der Waals surface area contributed by atoms with Crippen molar-refractivity contribution in [3.8, 4) is 0 Å². The van der Waals surface area contributed by atoms with Crippen LogP contribution in [0.5, 0.6) is 0 Å². The summed E-state index contributed by atoms with van der Waals surface area (Å²) in [6.07, 6.45) is 5.86. The third-order valence-corrected chi connectivity index (χ3v) is 3.79. The van der Waals surface area contributed by atoms with Crippen LogP contribution in [0, 0.1) is 0 Å². The molecule has 1 aromatic carbocycles. The standard InChI is InChI=1S/C17H25N3O/c1-3-5-6-9-12-18-14(4-2)16-19-15-11-8-7-10-13(15)17(21)20-16/h7-8,10-11,14,18H,3-6,9,12H2,1-2H3,(H,19,20,21). The number of rotatable bonds is 8. The normalized spacial score (nSPS) is 12.7. The lowest BCUT2D eigenvalue weighted by molar-refractivity contribution is 0.478. The van der Waals surface area contributed by atoms with Gasteiger partial charge in [-0.15, -0.1) is 0 Å². The fourth-order valence-corrected chi connectivity index (χ4v) is 2.53. The number of benzene rings is 1. The molecule has 0 bridgehead atoms. The van der Waals surface area contributed by atoms with Crippen LogP contribution in [0.4, 0.5) is 0 Å². The Hall–Kier alpha value is -1.68. The van der Waals surface area contributed by atoms with Crippen LogP contribution in [0.15, 0.2) is 29.1 Å². The van der Waals surface area contributed by atoms with E-state index in [9.17, 15) is 4.79 Å². The van der Waals surface area contributed by atoms with Gasteiger partial charge in [0.15, 0.2) is 0 Å². The van der Waals surface area contributed by atoms with E-state index in [4.69, 9.17) is 0 Å². The first kappa shape index (κ1) is 15.7. The number of aromatic amines is 1. The van der Waals surface area contributed by atoms with E-state index in [1.807, 2.05) is 24.3 Å². The minimum atomic E-state index is -0.0539. The summed E-state index contributed by atoms with van der Waals surface area (Å²) in [6, 6.07) is 7.59. The van der Waals surface area contributed by atoms with E-state index in [-0.39, 0.29) is 11.6 Å². The van der Waals surface area contributed by atoms with E-state index in [1.165, 1.54) is 25.7 Å². The average molecular weight is 287 g/mol. The molecule has 21 heavy (non-hydrogen) atoms. The molecule has 0 aliphatic rings. The van der Waals surface area contributed by atoms with Crippen molar-refractivity contribution in [2.75, 3.05) is 6.54 Å². The molecule has 0 saturated heterocycles. The molecule has 1 heterocycles. The lowest BCUT2D eigenvalue weighted by atomic mass is 10.1. The lowest BCUT2D eigenvalue weighted by Gasteiger charge is -2.16. The maximum Gasteiger partial charge on any atom is 0.258 e. The van der Waals surface area contributed by atoms with E-state index in [0.29, 0.717) is 5.39 Å². The molecule has 2 aromatic rings. The quantitative estimate of drug-likeness (QED) is 0.730. The molecule has 1 atom stereocenters. The van der Waals surface area contributed by atoms with Crippen molar-refractivity contribution in [2.45, 2.75) is 52.0 Å². The molecule has 4 nitrogen and oxygen atoms in total. The molecule has 0 radical (unpaired) electrons. The van der Waals surface area contributed by atoms with Gasteiger partial charge in [-0.05, 0) is 31.5 Å². The first-order chi connectivity index (χ1) is 10.3. The summed E-state index contributed by atoms with van der Waals surface area (Å²) in [6.45, 7) is 5.29. The Balaban J connectivity index is 2.09. The van der Waals surface area contributed by atoms with Crippen molar-refractivity contribution >= 4 is 10.9 Å². The van der Waals surface area contributed by atoms with E-state index >= 15 is 0 Å². The highest BCUT2D eigenvalue weighted by Gasteiger charge is 2.12. The highest BCUT2D eigenvalue weighted by atomic mass is 16.1. The number of H-pyrrole nitrogens is 1. The van der Waals surface area contributed by atoms with Crippen molar-refractivity contribution < 1.29 is 0 Å². The van der Waals surface area contributed by atoms with Crippen LogP contribution in [0.3, 0.4) is 0 Å². The van der Waals surface area contributed by atoms with Crippen LogP contribution < -0.4 is 10.9 Å². The Bertz CT molecular complexity index is 621. The highest BCUT2D eigenvalue weighted by Crippen LogP contribution is 2.14. The Labute approximate surface area is 126 Å². The summed E-state index contributed by atoms with van der Waals surface area (Å²) in [5, 5.41) is 4.16. The van der Waals surface area contributed by atoms with Gasteiger partial charge in [-0.3, -0.25) is 4.79 Å². The van der Waals surface area contributed by atoms with Crippen molar-refractivity contribution in [3.05, 3.63) is 40.4 Å². The zero-order valence-corrected chi connectivity index (χ0v) is 13.0. The van der Waals surface area contributed by atoms with Crippen molar-refractivity contribution in [1.29, 1.82) is 0 Å². The predicted octanol–water partition coefficient (Wildman–Crippen LogP) is 3.54. The number of aromatic nitrogens is 2. The highest BCUT2D eigenvalue weighted by molar-refractivity contribution is 5.77. The first-order valence-electron chi connectivity index (χ1n) is 7.98. The van der Waals surface area contributed by atoms with Gasteiger partial charge in [-0.2, -0.15) is 0 Å². The van der Waals surface area contributed by atoms with Crippen LogP contribution in [-0.4, -0.2) is 16.5 Å². The Morgan fingerprint density at radius 3 is 2.76 bits per heavy atom. The summed E-state index contributed by atoms with van der Waals surface area (Å²) in [5.41, 5.74) is 0.712. The molecular weight excluding hydrogens is 262 g/mol. The van der Waals surface area contributed by atoms with Gasteiger partial charge in [-0.1, -0.05) is 45.2 Å². The number of fused-ring (bicyclic) bond motifs is 1. The number of hydrogen-bond acceptors (Lipinski definition) is 3. The predicted molar refractivity (Wildman–Crippen MR) is 87.5 cm³/mol. The van der Waals surface area contributed by atoms with Crippen LogP contribution >= 0.6 is 0 Å².